The molecule has 0 aliphatic heterocycles. The van der Waals surface area contributed by atoms with Crippen molar-refractivity contribution in [3.05, 3.63) is 46.0 Å². The highest BCUT2D eigenvalue weighted by molar-refractivity contribution is 5.66. The highest BCUT2D eigenvalue weighted by atomic mass is 16.4. The minimum Gasteiger partial charge on any atom is -0.493 e. The first-order valence-corrected chi connectivity index (χ1v) is 9.97. The van der Waals surface area contributed by atoms with Crippen LogP contribution in [0.4, 0.5) is 5.69 Å². The molecule has 0 saturated carbocycles. The summed E-state index contributed by atoms with van der Waals surface area (Å²) < 4.78 is 1.48. The van der Waals surface area contributed by atoms with E-state index in [0.717, 1.165) is 30.5 Å². The summed E-state index contributed by atoms with van der Waals surface area (Å²) in [6.07, 6.45) is 3.32. The second-order valence-electron chi connectivity index (χ2n) is 7.48. The average molecular weight is 405 g/mol. The number of hydrogen-bond donors (Lipinski definition) is 4. The SMILES string of the molecule is CN(C)c1ccc(C(O)CCn2c(CCCCCCC(=O)O)c(O)[nH]c2=O)cc1. The predicted molar refractivity (Wildman–Crippen MR) is 111 cm³/mol. The molecule has 29 heavy (non-hydrogen) atoms. The number of nitrogens with one attached hydrogen (secondary N) is 1. The Morgan fingerprint density at radius 1 is 1.14 bits per heavy atom. The summed E-state index contributed by atoms with van der Waals surface area (Å²) in [5.74, 6) is -0.928. The number of aromatic hydroxyl groups is 1. The van der Waals surface area contributed by atoms with Gasteiger partial charge in [0.05, 0.1) is 11.8 Å². The van der Waals surface area contributed by atoms with Crippen molar-refractivity contribution in [2.24, 2.45) is 0 Å². The zero-order valence-corrected chi connectivity index (χ0v) is 17.1. The number of nitrogens with zero attached hydrogens (tertiary/aromatic N) is 2. The Morgan fingerprint density at radius 3 is 2.41 bits per heavy atom. The van der Waals surface area contributed by atoms with Gasteiger partial charge < -0.3 is 20.2 Å². The van der Waals surface area contributed by atoms with E-state index in [4.69, 9.17) is 5.11 Å². The van der Waals surface area contributed by atoms with Crippen molar-refractivity contribution >= 4 is 11.7 Å². The van der Waals surface area contributed by atoms with Gasteiger partial charge in [0.15, 0.2) is 0 Å². The molecule has 0 saturated heterocycles. The Kier molecular flexibility index (Phi) is 8.33. The van der Waals surface area contributed by atoms with Crippen LogP contribution in [0.5, 0.6) is 5.88 Å². The zero-order valence-electron chi connectivity index (χ0n) is 17.1. The van der Waals surface area contributed by atoms with E-state index in [1.165, 1.54) is 4.57 Å². The van der Waals surface area contributed by atoms with Gasteiger partial charge in [-0.2, -0.15) is 0 Å². The zero-order chi connectivity index (χ0) is 21.4. The lowest BCUT2D eigenvalue weighted by Crippen LogP contribution is -2.20. The van der Waals surface area contributed by atoms with Crippen molar-refractivity contribution in [1.29, 1.82) is 0 Å². The summed E-state index contributed by atoms with van der Waals surface area (Å²) in [6, 6.07) is 7.61. The number of carboxylic acid groups (broad SMARTS) is 1. The number of aliphatic hydroxyl groups excluding tert-OH is 1. The van der Waals surface area contributed by atoms with E-state index in [0.29, 0.717) is 31.5 Å². The molecule has 2 aromatic rings. The standard InChI is InChI=1S/C21H31N3O5/c1-23(2)16-11-9-15(10-12-16)18(25)13-14-24-17(20(28)22-21(24)29)7-5-3-4-6-8-19(26)27/h9-12,18,25,28H,3-8,13-14H2,1-2H3,(H,22,29)(H,26,27). The van der Waals surface area contributed by atoms with Crippen LogP contribution in [0.3, 0.4) is 0 Å². The molecule has 4 N–H and O–H groups in total. The molecule has 0 radical (unpaired) electrons. The molecule has 1 atom stereocenters. The van der Waals surface area contributed by atoms with E-state index < -0.39 is 17.8 Å². The van der Waals surface area contributed by atoms with Crippen LogP contribution < -0.4 is 10.6 Å². The van der Waals surface area contributed by atoms with E-state index in [9.17, 15) is 19.8 Å². The molecule has 0 fully saturated rings. The fraction of sp³-hybridized carbons (Fsp3) is 0.524. The number of unbranched alkanes of at least 4 members (excludes halogenated alkanes) is 3. The number of hydrogen-bond acceptors (Lipinski definition) is 5. The van der Waals surface area contributed by atoms with E-state index >= 15 is 0 Å². The minimum atomic E-state index is -0.794. The third kappa shape index (κ3) is 6.67. The molecule has 1 unspecified atom stereocenters. The molecule has 8 nitrogen and oxygen atoms in total. The lowest BCUT2D eigenvalue weighted by atomic mass is 10.1. The van der Waals surface area contributed by atoms with Crippen molar-refractivity contribution in [3.8, 4) is 5.88 Å². The Morgan fingerprint density at radius 2 is 1.79 bits per heavy atom. The van der Waals surface area contributed by atoms with Gasteiger partial charge in [-0.3, -0.25) is 14.3 Å². The lowest BCUT2D eigenvalue weighted by molar-refractivity contribution is -0.137. The molecule has 2 rings (SSSR count). The Hall–Kier alpha value is -2.74. The second kappa shape index (κ2) is 10.7. The van der Waals surface area contributed by atoms with Crippen LogP contribution in [0.15, 0.2) is 29.1 Å². The van der Waals surface area contributed by atoms with Crippen LogP contribution in [0.2, 0.25) is 0 Å². The topological polar surface area (TPSA) is 119 Å². The summed E-state index contributed by atoms with van der Waals surface area (Å²) >= 11 is 0. The predicted octanol–water partition coefficient (Wildman–Crippen LogP) is 2.65. The van der Waals surface area contributed by atoms with Gasteiger partial charge in [0.2, 0.25) is 5.88 Å². The number of rotatable bonds is 12. The van der Waals surface area contributed by atoms with E-state index in [2.05, 4.69) is 4.98 Å². The van der Waals surface area contributed by atoms with E-state index in [-0.39, 0.29) is 12.3 Å². The van der Waals surface area contributed by atoms with Crippen LogP contribution in [0, 0.1) is 0 Å². The van der Waals surface area contributed by atoms with Gasteiger partial charge in [-0.1, -0.05) is 25.0 Å². The number of imidazole rings is 1. The molecule has 0 bridgehead atoms. The summed E-state index contributed by atoms with van der Waals surface area (Å²) in [5, 5.41) is 29.1. The number of aliphatic hydroxyl groups is 1. The molecular formula is C21H31N3O5. The number of benzene rings is 1. The van der Waals surface area contributed by atoms with Gasteiger partial charge in [0.1, 0.15) is 0 Å². The molecule has 0 spiro atoms. The van der Waals surface area contributed by atoms with E-state index in [1.54, 1.807) is 0 Å². The van der Waals surface area contributed by atoms with Crippen LogP contribution in [-0.2, 0) is 17.8 Å². The van der Waals surface area contributed by atoms with Crippen LogP contribution in [0.1, 0.15) is 55.9 Å². The van der Waals surface area contributed by atoms with E-state index in [1.807, 2.05) is 43.3 Å². The lowest BCUT2D eigenvalue weighted by Gasteiger charge is -2.16. The Bertz CT molecular complexity index is 839. The first kappa shape index (κ1) is 22.5. The van der Waals surface area contributed by atoms with Crippen LogP contribution >= 0.6 is 0 Å². The molecular weight excluding hydrogens is 374 g/mol. The Balaban J connectivity index is 1.91. The first-order chi connectivity index (χ1) is 13.8. The van der Waals surface area contributed by atoms with Crippen molar-refractivity contribution in [2.75, 3.05) is 19.0 Å². The first-order valence-electron chi connectivity index (χ1n) is 9.97. The molecule has 0 aliphatic rings. The van der Waals surface area contributed by atoms with Gasteiger partial charge in [0.25, 0.3) is 0 Å². The highest BCUT2D eigenvalue weighted by Gasteiger charge is 2.15. The van der Waals surface area contributed by atoms with Crippen molar-refractivity contribution in [3.63, 3.8) is 0 Å². The smallest absolute Gasteiger partial charge is 0.328 e. The Labute approximate surface area is 170 Å². The summed E-state index contributed by atoms with van der Waals surface area (Å²) in [4.78, 5) is 27.1. The monoisotopic (exact) mass is 405 g/mol. The quantitative estimate of drug-likeness (QED) is 0.403. The van der Waals surface area contributed by atoms with Gasteiger partial charge >= 0.3 is 11.7 Å². The summed E-state index contributed by atoms with van der Waals surface area (Å²) in [7, 11) is 3.90. The number of carbonyl (C=O) groups is 1. The maximum Gasteiger partial charge on any atom is 0.328 e. The average Bonchev–Trinajstić information content (AvgIpc) is 2.95. The number of anilines is 1. The number of aromatic nitrogens is 2. The summed E-state index contributed by atoms with van der Waals surface area (Å²) in [6.45, 7) is 0.292. The largest absolute Gasteiger partial charge is 0.493 e. The molecule has 0 aliphatic carbocycles. The minimum absolute atomic E-state index is 0.134. The number of aliphatic carboxylic acids is 1. The maximum atomic E-state index is 12.1. The number of carboxylic acids is 1. The maximum absolute atomic E-state index is 12.1. The third-order valence-electron chi connectivity index (χ3n) is 5.04. The van der Waals surface area contributed by atoms with Crippen molar-refractivity contribution in [1.82, 2.24) is 9.55 Å². The number of aromatic amines is 1. The van der Waals surface area contributed by atoms with Gasteiger partial charge in [-0.25, -0.2) is 4.79 Å². The van der Waals surface area contributed by atoms with Gasteiger partial charge in [-0.05, 0) is 43.4 Å². The fourth-order valence-electron chi connectivity index (χ4n) is 3.32. The molecule has 1 heterocycles. The van der Waals surface area contributed by atoms with Gasteiger partial charge in [-0.15, -0.1) is 0 Å². The van der Waals surface area contributed by atoms with Crippen molar-refractivity contribution < 1.29 is 20.1 Å². The molecule has 160 valence electrons. The van der Waals surface area contributed by atoms with Crippen LogP contribution in [-0.4, -0.2) is 44.9 Å². The molecule has 1 aromatic heterocycles. The van der Waals surface area contributed by atoms with Crippen molar-refractivity contribution in [2.45, 2.75) is 57.6 Å². The number of H-pyrrole nitrogens is 1. The highest BCUT2D eigenvalue weighted by Crippen LogP contribution is 2.22. The third-order valence-corrected chi connectivity index (χ3v) is 5.04. The van der Waals surface area contributed by atoms with Gasteiger partial charge in [0, 0.05) is 32.7 Å². The normalized spacial score (nSPS) is 12.1. The molecule has 8 heteroatoms. The molecule has 0 amide bonds. The van der Waals surface area contributed by atoms with Crippen LogP contribution in [0.25, 0.3) is 0 Å². The summed E-state index contributed by atoms with van der Waals surface area (Å²) in [5.41, 5.74) is 1.96. The molecule has 1 aromatic carbocycles. The second-order valence-corrected chi connectivity index (χ2v) is 7.48. The fourth-order valence-corrected chi connectivity index (χ4v) is 3.32.